The highest BCUT2D eigenvalue weighted by molar-refractivity contribution is 8.06. The average Bonchev–Trinajstić information content (AvgIpc) is 2.27. The molecule has 0 amide bonds. The largest absolute Gasteiger partial charge is 0.369 e. The number of hydrogen-bond acceptors (Lipinski definition) is 5. The van der Waals surface area contributed by atoms with Gasteiger partial charge in [-0.1, -0.05) is 0 Å². The van der Waals surface area contributed by atoms with Gasteiger partial charge < -0.3 is 10.3 Å². The van der Waals surface area contributed by atoms with Crippen LogP contribution < -0.4 is 10.9 Å². The number of aromatic amines is 1. The maximum atomic E-state index is 11.2. The zero-order chi connectivity index (χ0) is 11.4. The van der Waals surface area contributed by atoms with Gasteiger partial charge in [-0.25, -0.2) is 4.98 Å². The van der Waals surface area contributed by atoms with E-state index in [2.05, 4.69) is 15.3 Å². The quantitative estimate of drug-likeness (QED) is 0.856. The molecule has 1 saturated heterocycles. The summed E-state index contributed by atoms with van der Waals surface area (Å²) in [6, 6.07) is 1.51. The molecule has 2 heterocycles. The molecule has 1 aliphatic rings. The molecular weight excluding hydrogens is 242 g/mol. The van der Waals surface area contributed by atoms with Crippen LogP contribution in [0, 0.1) is 6.92 Å². The van der Waals surface area contributed by atoms with Crippen molar-refractivity contribution < 1.29 is 0 Å². The minimum atomic E-state index is -0.0966. The molecule has 1 aromatic rings. The Labute approximate surface area is 103 Å². The van der Waals surface area contributed by atoms with E-state index < -0.39 is 0 Å². The molecule has 2 N–H and O–H groups in total. The Hall–Kier alpha value is -0.620. The Morgan fingerprint density at radius 1 is 1.62 bits per heavy atom. The summed E-state index contributed by atoms with van der Waals surface area (Å²) in [4.78, 5) is 18.1. The van der Waals surface area contributed by atoms with Crippen LogP contribution in [0.4, 0.5) is 5.82 Å². The summed E-state index contributed by atoms with van der Waals surface area (Å²) < 4.78 is 0. The number of rotatable bonds is 3. The molecule has 0 saturated carbocycles. The minimum Gasteiger partial charge on any atom is -0.369 e. The van der Waals surface area contributed by atoms with Gasteiger partial charge in [-0.3, -0.25) is 4.79 Å². The zero-order valence-electron chi connectivity index (χ0n) is 9.16. The number of aromatic nitrogens is 2. The van der Waals surface area contributed by atoms with Crippen LogP contribution in [0.5, 0.6) is 0 Å². The summed E-state index contributed by atoms with van der Waals surface area (Å²) in [5.41, 5.74) is -0.0966. The molecule has 0 bridgehead atoms. The summed E-state index contributed by atoms with van der Waals surface area (Å²) in [6.45, 7) is 2.67. The number of H-pyrrole nitrogens is 1. The number of anilines is 1. The molecule has 1 fully saturated rings. The number of nitrogens with zero attached hydrogens (tertiary/aromatic N) is 1. The van der Waals surface area contributed by atoms with Gasteiger partial charge in [0.15, 0.2) is 0 Å². The number of nitrogens with one attached hydrogen (secondary N) is 2. The van der Waals surface area contributed by atoms with Crippen molar-refractivity contribution in [2.75, 3.05) is 29.1 Å². The predicted octanol–water partition coefficient (Wildman–Crippen LogP) is 1.34. The third-order valence-corrected chi connectivity index (χ3v) is 5.10. The molecule has 1 aromatic heterocycles. The van der Waals surface area contributed by atoms with Crippen LogP contribution in [0.3, 0.4) is 0 Å². The third-order valence-electron chi connectivity index (χ3n) is 2.26. The van der Waals surface area contributed by atoms with Crippen molar-refractivity contribution in [3.63, 3.8) is 0 Å². The van der Waals surface area contributed by atoms with Gasteiger partial charge in [0, 0.05) is 35.1 Å². The molecule has 4 nitrogen and oxygen atoms in total. The lowest BCUT2D eigenvalue weighted by Crippen LogP contribution is -2.24. The normalized spacial score (nSPS) is 20.7. The minimum absolute atomic E-state index is 0.0966. The van der Waals surface area contributed by atoms with Crippen LogP contribution in [0.1, 0.15) is 5.82 Å². The van der Waals surface area contributed by atoms with Crippen molar-refractivity contribution in [1.29, 1.82) is 0 Å². The zero-order valence-corrected chi connectivity index (χ0v) is 10.8. The lowest BCUT2D eigenvalue weighted by atomic mass is 10.4. The predicted molar refractivity (Wildman–Crippen MR) is 71.7 cm³/mol. The first-order chi connectivity index (χ1) is 7.74. The summed E-state index contributed by atoms with van der Waals surface area (Å²) >= 11 is 3.99. The van der Waals surface area contributed by atoms with E-state index in [1.807, 2.05) is 23.5 Å². The van der Waals surface area contributed by atoms with Crippen LogP contribution in [-0.4, -0.2) is 39.0 Å². The van der Waals surface area contributed by atoms with Gasteiger partial charge in [-0.2, -0.15) is 23.5 Å². The summed E-state index contributed by atoms with van der Waals surface area (Å²) in [7, 11) is 0. The molecule has 88 valence electrons. The van der Waals surface area contributed by atoms with Gasteiger partial charge in [0.25, 0.3) is 5.56 Å². The van der Waals surface area contributed by atoms with E-state index in [0.717, 1.165) is 6.54 Å². The molecule has 0 radical (unpaired) electrons. The van der Waals surface area contributed by atoms with Crippen molar-refractivity contribution in [2.45, 2.75) is 12.2 Å². The first kappa shape index (κ1) is 11.9. The summed E-state index contributed by atoms with van der Waals surface area (Å²) in [6.07, 6.45) is 0. The number of hydrogen-bond donors (Lipinski definition) is 2. The molecule has 0 aromatic carbocycles. The van der Waals surface area contributed by atoms with Gasteiger partial charge >= 0.3 is 0 Å². The Morgan fingerprint density at radius 3 is 3.19 bits per heavy atom. The van der Waals surface area contributed by atoms with Crippen LogP contribution in [0.15, 0.2) is 10.9 Å². The Kier molecular flexibility index (Phi) is 4.17. The van der Waals surface area contributed by atoms with Crippen molar-refractivity contribution in [3.05, 3.63) is 22.2 Å². The highest BCUT2D eigenvalue weighted by Crippen LogP contribution is 2.23. The average molecular weight is 257 g/mol. The SMILES string of the molecule is Cc1nc(NCC2CSCCS2)cc(=O)[nH]1. The fourth-order valence-corrected chi connectivity index (χ4v) is 4.15. The maximum Gasteiger partial charge on any atom is 0.252 e. The molecule has 0 spiro atoms. The molecular formula is C10H15N3OS2. The van der Waals surface area contributed by atoms with Gasteiger partial charge in [0.1, 0.15) is 11.6 Å². The lowest BCUT2D eigenvalue weighted by Gasteiger charge is -2.21. The smallest absolute Gasteiger partial charge is 0.252 e. The molecule has 16 heavy (non-hydrogen) atoms. The van der Waals surface area contributed by atoms with E-state index in [9.17, 15) is 4.79 Å². The number of aryl methyl sites for hydroxylation is 1. The molecule has 6 heteroatoms. The highest BCUT2D eigenvalue weighted by atomic mass is 32.2. The second kappa shape index (κ2) is 5.63. The summed E-state index contributed by atoms with van der Waals surface area (Å²) in [5.74, 6) is 4.99. The molecule has 1 aliphatic heterocycles. The topological polar surface area (TPSA) is 57.8 Å². The van der Waals surface area contributed by atoms with Gasteiger partial charge in [0.05, 0.1) is 0 Å². The van der Waals surface area contributed by atoms with Gasteiger partial charge in [-0.15, -0.1) is 0 Å². The van der Waals surface area contributed by atoms with E-state index in [1.165, 1.54) is 23.3 Å². The maximum absolute atomic E-state index is 11.2. The monoisotopic (exact) mass is 257 g/mol. The van der Waals surface area contributed by atoms with Gasteiger partial charge in [-0.05, 0) is 6.92 Å². The van der Waals surface area contributed by atoms with Crippen molar-refractivity contribution in [1.82, 2.24) is 9.97 Å². The van der Waals surface area contributed by atoms with E-state index >= 15 is 0 Å². The Bertz CT molecular complexity index is 401. The van der Waals surface area contributed by atoms with Crippen molar-refractivity contribution >= 4 is 29.3 Å². The fourth-order valence-electron chi connectivity index (χ4n) is 1.54. The van der Waals surface area contributed by atoms with E-state index in [1.54, 1.807) is 6.92 Å². The van der Waals surface area contributed by atoms with Gasteiger partial charge in [0.2, 0.25) is 0 Å². The Balaban J connectivity index is 1.90. The Morgan fingerprint density at radius 2 is 2.50 bits per heavy atom. The second-order valence-corrected chi connectivity index (χ2v) is 6.22. The van der Waals surface area contributed by atoms with E-state index in [-0.39, 0.29) is 5.56 Å². The molecule has 0 aliphatic carbocycles. The fraction of sp³-hybridized carbons (Fsp3) is 0.600. The third kappa shape index (κ3) is 3.45. The first-order valence-electron chi connectivity index (χ1n) is 5.25. The standard InChI is InChI=1S/C10H15N3OS2/c1-7-12-9(4-10(14)13-7)11-5-8-6-15-2-3-16-8/h4,8H,2-3,5-6H2,1H3,(H2,11,12,13,14). The molecule has 1 atom stereocenters. The highest BCUT2D eigenvalue weighted by Gasteiger charge is 2.13. The second-order valence-electron chi connectivity index (χ2n) is 3.66. The lowest BCUT2D eigenvalue weighted by molar-refractivity contribution is 0.962. The van der Waals surface area contributed by atoms with Crippen LogP contribution >= 0.6 is 23.5 Å². The van der Waals surface area contributed by atoms with E-state index in [0.29, 0.717) is 16.9 Å². The summed E-state index contributed by atoms with van der Waals surface area (Å²) in [5, 5.41) is 3.86. The number of thioether (sulfide) groups is 2. The first-order valence-corrected chi connectivity index (χ1v) is 7.45. The van der Waals surface area contributed by atoms with Crippen LogP contribution in [-0.2, 0) is 0 Å². The molecule has 1 unspecified atom stereocenters. The van der Waals surface area contributed by atoms with Crippen LogP contribution in [0.2, 0.25) is 0 Å². The van der Waals surface area contributed by atoms with Crippen molar-refractivity contribution in [3.8, 4) is 0 Å². The van der Waals surface area contributed by atoms with Crippen LogP contribution in [0.25, 0.3) is 0 Å². The molecule has 2 rings (SSSR count). The van der Waals surface area contributed by atoms with E-state index in [4.69, 9.17) is 0 Å². The van der Waals surface area contributed by atoms with Crippen molar-refractivity contribution in [2.24, 2.45) is 0 Å².